The molecule has 0 spiro atoms. The molecular formula is C25H26N2O9S. The minimum Gasteiger partial charge on any atom is -0.507 e. The van der Waals surface area contributed by atoms with Crippen LogP contribution in [0.1, 0.15) is 32.4 Å². The number of aliphatic hydroxyl groups is 1. The summed E-state index contributed by atoms with van der Waals surface area (Å²) in [5.41, 5.74) is 6.45. The van der Waals surface area contributed by atoms with E-state index in [2.05, 4.69) is 5.32 Å². The van der Waals surface area contributed by atoms with Crippen LogP contribution in [0.3, 0.4) is 0 Å². The van der Waals surface area contributed by atoms with E-state index in [1.165, 1.54) is 30.3 Å². The zero-order valence-corrected chi connectivity index (χ0v) is 20.5. The van der Waals surface area contributed by atoms with Gasteiger partial charge in [0.1, 0.15) is 23.0 Å². The van der Waals surface area contributed by atoms with Crippen molar-refractivity contribution in [2.45, 2.75) is 11.0 Å². The van der Waals surface area contributed by atoms with Crippen molar-refractivity contribution in [3.05, 3.63) is 71.3 Å². The number of phenols is 1. The third kappa shape index (κ3) is 6.55. The van der Waals surface area contributed by atoms with Gasteiger partial charge in [0, 0.05) is 24.9 Å². The topological polar surface area (TPSA) is 196 Å². The van der Waals surface area contributed by atoms with Crippen LogP contribution in [0.25, 0.3) is 11.1 Å². The number of rotatable bonds is 11. The molecule has 3 rings (SSSR count). The summed E-state index contributed by atoms with van der Waals surface area (Å²) < 4.78 is 29.4. The molecular weight excluding hydrogens is 504 g/mol. The van der Waals surface area contributed by atoms with Gasteiger partial charge < -0.3 is 36.2 Å². The molecule has 0 aliphatic carbocycles. The summed E-state index contributed by atoms with van der Waals surface area (Å²) in [7, 11) is -3.79. The van der Waals surface area contributed by atoms with Crippen molar-refractivity contribution in [3.8, 4) is 22.6 Å². The average Bonchev–Trinajstić information content (AvgIpc) is 2.82. The number of hydrogen-bond acceptors (Lipinski definition) is 9. The fourth-order valence-electron chi connectivity index (χ4n) is 3.70. The molecule has 0 heterocycles. The Balaban J connectivity index is 1.55. The SMILES string of the molecule is CS(=O)(=O)c1c(O)ccc(C(O)CNCCOc2ccc(-c3ccc(C(=O)O)c(C(=O)O)c3)cc2)c1N. The van der Waals surface area contributed by atoms with Gasteiger partial charge in [0.15, 0.2) is 9.84 Å². The van der Waals surface area contributed by atoms with Crippen molar-refractivity contribution in [2.24, 2.45) is 0 Å². The number of sulfone groups is 1. The van der Waals surface area contributed by atoms with Gasteiger partial charge in [-0.25, -0.2) is 18.0 Å². The second-order valence-corrected chi connectivity index (χ2v) is 10.1. The van der Waals surface area contributed by atoms with Crippen LogP contribution in [-0.4, -0.2) is 66.7 Å². The predicted octanol–water partition coefficient (Wildman–Crippen LogP) is 2.14. The lowest BCUT2D eigenvalue weighted by Gasteiger charge is -2.17. The van der Waals surface area contributed by atoms with E-state index in [0.29, 0.717) is 23.4 Å². The molecule has 11 nitrogen and oxygen atoms in total. The Hall–Kier alpha value is -4.13. The molecule has 7 N–H and O–H groups in total. The van der Waals surface area contributed by atoms with E-state index in [4.69, 9.17) is 15.6 Å². The Kier molecular flexibility index (Phi) is 8.38. The van der Waals surface area contributed by atoms with E-state index in [0.717, 1.165) is 6.26 Å². The fraction of sp³-hybridized carbons (Fsp3) is 0.200. The maximum absolute atomic E-state index is 11.9. The van der Waals surface area contributed by atoms with Gasteiger partial charge in [-0.3, -0.25) is 0 Å². The summed E-state index contributed by atoms with van der Waals surface area (Å²) >= 11 is 0. The normalized spacial score (nSPS) is 12.2. The number of aliphatic hydroxyl groups excluding tert-OH is 1. The third-order valence-electron chi connectivity index (χ3n) is 5.49. The summed E-state index contributed by atoms with van der Waals surface area (Å²) in [6.07, 6.45) is -0.206. The zero-order valence-electron chi connectivity index (χ0n) is 19.7. The number of phenolic OH excluding ortho intramolecular Hbond substituents is 1. The fourth-order valence-corrected chi connectivity index (χ4v) is 4.67. The highest BCUT2D eigenvalue weighted by atomic mass is 32.2. The predicted molar refractivity (Wildman–Crippen MR) is 135 cm³/mol. The number of aromatic carboxylic acids is 2. The molecule has 3 aromatic rings. The van der Waals surface area contributed by atoms with Crippen LogP contribution in [-0.2, 0) is 9.84 Å². The van der Waals surface area contributed by atoms with Gasteiger partial charge in [-0.1, -0.05) is 24.3 Å². The number of nitrogens with two attached hydrogens (primary N) is 1. The first-order valence-electron chi connectivity index (χ1n) is 10.9. The highest BCUT2D eigenvalue weighted by Gasteiger charge is 2.22. The highest BCUT2D eigenvalue weighted by Crippen LogP contribution is 2.34. The average molecular weight is 531 g/mol. The number of aromatic hydroxyl groups is 1. The number of benzene rings is 3. The Morgan fingerprint density at radius 1 is 0.973 bits per heavy atom. The van der Waals surface area contributed by atoms with Crippen molar-refractivity contribution in [1.29, 1.82) is 0 Å². The van der Waals surface area contributed by atoms with Crippen LogP contribution >= 0.6 is 0 Å². The quantitative estimate of drug-likeness (QED) is 0.157. The van der Waals surface area contributed by atoms with Gasteiger partial charge in [-0.15, -0.1) is 0 Å². The Labute approximate surface area is 212 Å². The number of nitrogens with one attached hydrogen (secondary N) is 1. The zero-order chi connectivity index (χ0) is 27.3. The van der Waals surface area contributed by atoms with Gasteiger partial charge in [0.05, 0.1) is 22.9 Å². The first-order valence-corrected chi connectivity index (χ1v) is 12.8. The van der Waals surface area contributed by atoms with E-state index < -0.39 is 38.5 Å². The molecule has 0 amide bonds. The Bertz CT molecular complexity index is 1420. The molecule has 0 aliphatic heterocycles. The van der Waals surface area contributed by atoms with Crippen molar-refractivity contribution in [2.75, 3.05) is 31.7 Å². The number of anilines is 1. The second kappa shape index (κ2) is 11.3. The van der Waals surface area contributed by atoms with Crippen molar-refractivity contribution < 1.29 is 43.2 Å². The van der Waals surface area contributed by atoms with Gasteiger partial charge in [-0.05, 0) is 41.5 Å². The summed E-state index contributed by atoms with van der Waals surface area (Å²) in [6, 6.07) is 13.4. The number of carboxylic acids is 2. The summed E-state index contributed by atoms with van der Waals surface area (Å²) in [6.45, 7) is 0.634. The lowest BCUT2D eigenvalue weighted by Crippen LogP contribution is -2.26. The van der Waals surface area contributed by atoms with E-state index >= 15 is 0 Å². The largest absolute Gasteiger partial charge is 0.507 e. The monoisotopic (exact) mass is 530 g/mol. The summed E-state index contributed by atoms with van der Waals surface area (Å²) in [5.74, 6) is -2.60. The van der Waals surface area contributed by atoms with Crippen LogP contribution in [0.5, 0.6) is 11.5 Å². The van der Waals surface area contributed by atoms with Crippen molar-refractivity contribution in [3.63, 3.8) is 0 Å². The maximum Gasteiger partial charge on any atom is 0.336 e. The number of hydrogen-bond donors (Lipinski definition) is 6. The Morgan fingerprint density at radius 2 is 1.59 bits per heavy atom. The summed E-state index contributed by atoms with van der Waals surface area (Å²) in [5, 5.41) is 41.6. The molecule has 196 valence electrons. The van der Waals surface area contributed by atoms with Gasteiger partial charge in [-0.2, -0.15) is 0 Å². The smallest absolute Gasteiger partial charge is 0.336 e. The third-order valence-corrected chi connectivity index (χ3v) is 6.66. The lowest BCUT2D eigenvalue weighted by atomic mass is 9.99. The van der Waals surface area contributed by atoms with Crippen LogP contribution in [0, 0.1) is 0 Å². The van der Waals surface area contributed by atoms with Crippen LogP contribution in [0.2, 0.25) is 0 Å². The van der Waals surface area contributed by atoms with Gasteiger partial charge in [0.2, 0.25) is 0 Å². The van der Waals surface area contributed by atoms with E-state index in [9.17, 15) is 33.3 Å². The van der Waals surface area contributed by atoms with Gasteiger partial charge in [0.25, 0.3) is 0 Å². The van der Waals surface area contributed by atoms with E-state index in [1.807, 2.05) is 0 Å². The molecule has 12 heteroatoms. The van der Waals surface area contributed by atoms with Crippen LogP contribution in [0.15, 0.2) is 59.5 Å². The minimum atomic E-state index is -3.79. The molecule has 37 heavy (non-hydrogen) atoms. The van der Waals surface area contributed by atoms with Crippen LogP contribution < -0.4 is 15.8 Å². The summed E-state index contributed by atoms with van der Waals surface area (Å²) in [4.78, 5) is 22.2. The lowest BCUT2D eigenvalue weighted by molar-refractivity contribution is 0.0651. The number of carbonyl (C=O) groups is 2. The second-order valence-electron chi connectivity index (χ2n) is 8.15. The molecule has 0 saturated heterocycles. The molecule has 1 unspecified atom stereocenters. The molecule has 0 radical (unpaired) electrons. The molecule has 0 fully saturated rings. The molecule has 0 aromatic heterocycles. The number of ether oxygens (including phenoxy) is 1. The Morgan fingerprint density at radius 3 is 2.19 bits per heavy atom. The minimum absolute atomic E-state index is 0.0543. The maximum atomic E-state index is 11.9. The number of nitrogen functional groups attached to an aromatic ring is 1. The molecule has 0 bridgehead atoms. The molecule has 1 atom stereocenters. The standard InChI is InChI=1S/C25H26N2O9S/c1-37(34,35)23-20(28)9-8-18(22(23)26)21(29)13-27-10-11-36-16-5-2-14(3-6-16)15-4-7-17(24(30)31)19(12-15)25(32)33/h2-9,12,21,27-29H,10-11,13,26H2,1H3,(H,30,31)(H,32,33). The number of carboxylic acid groups (broad SMARTS) is 2. The highest BCUT2D eigenvalue weighted by molar-refractivity contribution is 7.91. The molecule has 0 saturated carbocycles. The van der Waals surface area contributed by atoms with Crippen molar-refractivity contribution in [1.82, 2.24) is 5.32 Å². The van der Waals surface area contributed by atoms with Crippen molar-refractivity contribution >= 4 is 27.5 Å². The molecule has 0 aliphatic rings. The molecule has 3 aromatic carbocycles. The first-order chi connectivity index (χ1) is 17.4. The first kappa shape index (κ1) is 27.5. The van der Waals surface area contributed by atoms with Crippen LogP contribution in [0.4, 0.5) is 5.69 Å². The van der Waals surface area contributed by atoms with E-state index in [-0.39, 0.29) is 35.5 Å². The van der Waals surface area contributed by atoms with Gasteiger partial charge >= 0.3 is 11.9 Å². The van der Waals surface area contributed by atoms with E-state index in [1.54, 1.807) is 24.3 Å².